The van der Waals surface area contributed by atoms with Crippen molar-refractivity contribution in [3.05, 3.63) is 11.1 Å². The molecule has 0 aliphatic carbocycles. The van der Waals surface area contributed by atoms with E-state index in [4.69, 9.17) is 4.98 Å². The van der Waals surface area contributed by atoms with Gasteiger partial charge in [-0.2, -0.15) is 0 Å². The smallest absolute Gasteiger partial charge is 0.190 e. The van der Waals surface area contributed by atoms with Crippen molar-refractivity contribution in [1.82, 2.24) is 20.5 Å². The minimum atomic E-state index is 0. The van der Waals surface area contributed by atoms with Crippen molar-refractivity contribution in [2.24, 2.45) is 10.9 Å². The summed E-state index contributed by atoms with van der Waals surface area (Å²) in [4.78, 5) is 14.1. The third-order valence-electron chi connectivity index (χ3n) is 5.63. The van der Waals surface area contributed by atoms with E-state index in [0.29, 0.717) is 0 Å². The maximum absolute atomic E-state index is 4.79. The SMILES string of the molecule is CN=C(NCCCN1CCC(C)CC1)NCCc1csc(N2CCCC2)n1.I. The first-order valence-corrected chi connectivity index (χ1v) is 11.5. The Hall–Kier alpha value is -0.610. The molecule has 0 unspecified atom stereocenters. The second kappa shape index (κ2) is 12.8. The highest BCUT2D eigenvalue weighted by molar-refractivity contribution is 14.0. The molecular formula is C20H37IN6S. The lowest BCUT2D eigenvalue weighted by Gasteiger charge is -2.30. The second-order valence-corrected chi connectivity index (χ2v) is 8.71. The number of piperidine rings is 1. The third kappa shape index (κ3) is 7.67. The molecule has 0 radical (unpaired) electrons. The minimum Gasteiger partial charge on any atom is -0.356 e. The van der Waals surface area contributed by atoms with Gasteiger partial charge >= 0.3 is 0 Å². The van der Waals surface area contributed by atoms with Crippen LogP contribution in [0.3, 0.4) is 0 Å². The molecule has 8 heteroatoms. The van der Waals surface area contributed by atoms with Crippen LogP contribution in [-0.4, -0.2) is 68.7 Å². The molecule has 0 spiro atoms. The molecule has 0 saturated carbocycles. The van der Waals surface area contributed by atoms with Gasteiger partial charge in [0.1, 0.15) is 0 Å². The van der Waals surface area contributed by atoms with Gasteiger partial charge in [-0.25, -0.2) is 4.98 Å². The lowest BCUT2D eigenvalue weighted by molar-refractivity contribution is 0.191. The molecule has 3 rings (SSSR count). The summed E-state index contributed by atoms with van der Waals surface area (Å²) in [5.74, 6) is 1.81. The molecule has 2 aliphatic heterocycles. The van der Waals surface area contributed by atoms with E-state index in [1.165, 1.54) is 62.6 Å². The lowest BCUT2D eigenvalue weighted by atomic mass is 9.99. The van der Waals surface area contributed by atoms with Gasteiger partial charge in [-0.15, -0.1) is 35.3 Å². The summed E-state index contributed by atoms with van der Waals surface area (Å²) in [5.41, 5.74) is 1.18. The summed E-state index contributed by atoms with van der Waals surface area (Å²) in [6, 6.07) is 0. The largest absolute Gasteiger partial charge is 0.356 e. The average molecular weight is 521 g/mol. The molecule has 0 amide bonds. The number of nitrogens with zero attached hydrogens (tertiary/aromatic N) is 4. The highest BCUT2D eigenvalue weighted by Crippen LogP contribution is 2.24. The number of aliphatic imine (C=N–C) groups is 1. The molecule has 0 atom stereocenters. The molecule has 6 nitrogen and oxygen atoms in total. The Morgan fingerprint density at radius 2 is 1.89 bits per heavy atom. The Morgan fingerprint density at radius 3 is 2.61 bits per heavy atom. The Morgan fingerprint density at radius 1 is 1.18 bits per heavy atom. The summed E-state index contributed by atoms with van der Waals surface area (Å²) in [6.07, 6.45) is 7.42. The van der Waals surface area contributed by atoms with E-state index in [0.717, 1.165) is 44.5 Å². The second-order valence-electron chi connectivity index (χ2n) is 7.87. The number of likely N-dealkylation sites (tertiary alicyclic amines) is 1. The molecular weight excluding hydrogens is 483 g/mol. The first-order chi connectivity index (χ1) is 13.2. The molecule has 2 fully saturated rings. The van der Waals surface area contributed by atoms with Crippen LogP contribution in [-0.2, 0) is 6.42 Å². The zero-order valence-electron chi connectivity index (χ0n) is 17.5. The van der Waals surface area contributed by atoms with Crippen molar-refractivity contribution in [2.75, 3.05) is 57.8 Å². The quantitative estimate of drug-likeness (QED) is 0.239. The van der Waals surface area contributed by atoms with Crippen molar-refractivity contribution in [3.63, 3.8) is 0 Å². The van der Waals surface area contributed by atoms with E-state index in [-0.39, 0.29) is 24.0 Å². The summed E-state index contributed by atoms with van der Waals surface area (Å²) in [6.45, 7) is 10.3. The number of halogens is 1. The van der Waals surface area contributed by atoms with Gasteiger partial charge in [0.25, 0.3) is 0 Å². The fourth-order valence-electron chi connectivity index (χ4n) is 3.79. The Kier molecular flexibility index (Phi) is 10.9. The van der Waals surface area contributed by atoms with Crippen LogP contribution in [0.15, 0.2) is 10.4 Å². The summed E-state index contributed by atoms with van der Waals surface area (Å²) in [7, 11) is 1.84. The normalized spacial score (nSPS) is 18.9. The molecule has 2 aliphatic rings. The Bertz CT molecular complexity index is 579. The highest BCUT2D eigenvalue weighted by atomic mass is 127. The number of anilines is 1. The van der Waals surface area contributed by atoms with Crippen molar-refractivity contribution >= 4 is 46.4 Å². The fraction of sp³-hybridized carbons (Fsp3) is 0.800. The molecule has 28 heavy (non-hydrogen) atoms. The van der Waals surface area contributed by atoms with E-state index in [2.05, 4.69) is 37.7 Å². The van der Waals surface area contributed by atoms with Gasteiger partial charge < -0.3 is 20.4 Å². The maximum Gasteiger partial charge on any atom is 0.190 e. The van der Waals surface area contributed by atoms with Gasteiger partial charge in [-0.05, 0) is 57.7 Å². The monoisotopic (exact) mass is 520 g/mol. The molecule has 3 heterocycles. The predicted octanol–water partition coefficient (Wildman–Crippen LogP) is 3.19. The number of hydrogen-bond donors (Lipinski definition) is 2. The van der Waals surface area contributed by atoms with Crippen molar-refractivity contribution < 1.29 is 0 Å². The molecule has 0 aromatic carbocycles. The van der Waals surface area contributed by atoms with E-state index >= 15 is 0 Å². The maximum atomic E-state index is 4.79. The first kappa shape index (κ1) is 23.7. The molecule has 1 aromatic rings. The summed E-state index contributed by atoms with van der Waals surface area (Å²) >= 11 is 1.78. The van der Waals surface area contributed by atoms with E-state index in [1.807, 2.05) is 7.05 Å². The number of nitrogens with one attached hydrogen (secondary N) is 2. The predicted molar refractivity (Wildman–Crippen MR) is 131 cm³/mol. The van der Waals surface area contributed by atoms with Crippen molar-refractivity contribution in [2.45, 2.75) is 45.4 Å². The van der Waals surface area contributed by atoms with Crippen molar-refractivity contribution in [3.8, 4) is 0 Å². The van der Waals surface area contributed by atoms with Crippen LogP contribution in [0.25, 0.3) is 0 Å². The standard InChI is InChI=1S/C20H36N6S.HI/c1-17-7-14-25(15-8-17)11-5-9-22-19(21-2)23-10-6-18-16-27-20(24-18)26-12-3-4-13-26;/h16-17H,3-15H2,1-2H3,(H2,21,22,23);1H. The number of guanidine groups is 1. The van der Waals surface area contributed by atoms with Crippen LogP contribution >= 0.6 is 35.3 Å². The number of rotatable bonds is 8. The van der Waals surface area contributed by atoms with Crippen LogP contribution in [0.5, 0.6) is 0 Å². The highest BCUT2D eigenvalue weighted by Gasteiger charge is 2.16. The van der Waals surface area contributed by atoms with Crippen LogP contribution < -0.4 is 15.5 Å². The molecule has 160 valence electrons. The van der Waals surface area contributed by atoms with Gasteiger partial charge in [0.2, 0.25) is 0 Å². The van der Waals surface area contributed by atoms with Crippen LogP contribution in [0.1, 0.15) is 44.7 Å². The van der Waals surface area contributed by atoms with Gasteiger partial charge in [-0.1, -0.05) is 6.92 Å². The van der Waals surface area contributed by atoms with Crippen LogP contribution in [0.2, 0.25) is 0 Å². The first-order valence-electron chi connectivity index (χ1n) is 10.6. The molecule has 2 saturated heterocycles. The molecule has 2 N–H and O–H groups in total. The summed E-state index contributed by atoms with van der Waals surface area (Å²) in [5, 5.41) is 10.2. The topological polar surface area (TPSA) is 55.8 Å². The van der Waals surface area contributed by atoms with E-state index in [9.17, 15) is 0 Å². The van der Waals surface area contributed by atoms with Crippen LogP contribution in [0, 0.1) is 5.92 Å². The Labute approximate surface area is 191 Å². The average Bonchev–Trinajstić information content (AvgIpc) is 3.36. The van der Waals surface area contributed by atoms with E-state index < -0.39 is 0 Å². The van der Waals surface area contributed by atoms with Crippen molar-refractivity contribution in [1.29, 1.82) is 0 Å². The minimum absolute atomic E-state index is 0. The molecule has 0 bridgehead atoms. The zero-order chi connectivity index (χ0) is 18.9. The van der Waals surface area contributed by atoms with Gasteiger partial charge in [0, 0.05) is 45.0 Å². The third-order valence-corrected chi connectivity index (χ3v) is 6.58. The zero-order valence-corrected chi connectivity index (χ0v) is 20.6. The van der Waals surface area contributed by atoms with E-state index in [1.54, 1.807) is 11.3 Å². The summed E-state index contributed by atoms with van der Waals surface area (Å²) < 4.78 is 0. The molecule has 1 aromatic heterocycles. The number of hydrogen-bond acceptors (Lipinski definition) is 5. The van der Waals surface area contributed by atoms with Gasteiger partial charge in [0.05, 0.1) is 5.69 Å². The van der Waals surface area contributed by atoms with Gasteiger partial charge in [0.15, 0.2) is 11.1 Å². The number of thiazole rings is 1. The fourth-order valence-corrected chi connectivity index (χ4v) is 4.70. The number of aromatic nitrogens is 1. The van der Waals surface area contributed by atoms with Gasteiger partial charge in [-0.3, -0.25) is 4.99 Å². The van der Waals surface area contributed by atoms with Crippen LogP contribution in [0.4, 0.5) is 5.13 Å². The lowest BCUT2D eigenvalue weighted by Crippen LogP contribution is -2.40. The Balaban J connectivity index is 0.00000280.